The molecular weight excluding hydrogens is 380 g/mol. The van der Waals surface area contributed by atoms with Crippen LogP contribution in [0.2, 0.25) is 0 Å². The summed E-state index contributed by atoms with van der Waals surface area (Å²) in [5.41, 5.74) is 0.999. The third-order valence-corrected chi connectivity index (χ3v) is 6.97. The molecule has 162 valence electrons. The minimum absolute atomic E-state index is 0.0380. The molecule has 3 aliphatic rings. The predicted molar refractivity (Wildman–Crippen MR) is 114 cm³/mol. The van der Waals surface area contributed by atoms with Crippen LogP contribution in [0.25, 0.3) is 0 Å². The molecule has 2 atom stereocenters. The standard InChI is InChI=1S/C24H32N2O4/c1-16-8-9-21-19(14-16)20(27)15-24(30-21)11-10-22(28)26(13-12-24)17(2)23(29)25-18-6-4-3-5-7-18/h8-9,14,17-18H,3-7,10-13,15H2,1-2H3,(H,25,29). The van der Waals surface area contributed by atoms with Gasteiger partial charge in [0, 0.05) is 25.4 Å². The van der Waals surface area contributed by atoms with Gasteiger partial charge in [0.2, 0.25) is 11.8 Å². The van der Waals surface area contributed by atoms with Gasteiger partial charge in [-0.1, -0.05) is 30.9 Å². The maximum absolute atomic E-state index is 12.9. The predicted octanol–water partition coefficient (Wildman–Crippen LogP) is 3.55. The lowest BCUT2D eigenvalue weighted by atomic mass is 9.84. The van der Waals surface area contributed by atoms with Crippen LogP contribution < -0.4 is 10.1 Å². The van der Waals surface area contributed by atoms with Crippen molar-refractivity contribution in [2.24, 2.45) is 0 Å². The van der Waals surface area contributed by atoms with Gasteiger partial charge in [0.1, 0.15) is 17.4 Å². The van der Waals surface area contributed by atoms with Crippen LogP contribution in [0, 0.1) is 6.92 Å². The summed E-state index contributed by atoms with van der Waals surface area (Å²) in [5, 5.41) is 3.14. The number of fused-ring (bicyclic) bond motifs is 1. The Labute approximate surface area is 178 Å². The van der Waals surface area contributed by atoms with Gasteiger partial charge in [-0.15, -0.1) is 0 Å². The molecule has 1 aromatic carbocycles. The summed E-state index contributed by atoms with van der Waals surface area (Å²) < 4.78 is 6.32. The van der Waals surface area contributed by atoms with E-state index in [-0.39, 0.29) is 36.5 Å². The molecule has 1 N–H and O–H groups in total. The van der Waals surface area contributed by atoms with Crippen LogP contribution in [-0.4, -0.2) is 46.7 Å². The lowest BCUT2D eigenvalue weighted by molar-refractivity contribution is -0.139. The Balaban J connectivity index is 1.44. The molecule has 1 aliphatic carbocycles. The summed E-state index contributed by atoms with van der Waals surface area (Å²) >= 11 is 0. The second-order valence-electron chi connectivity index (χ2n) is 9.24. The van der Waals surface area contributed by atoms with Crippen molar-refractivity contribution in [3.8, 4) is 5.75 Å². The number of amides is 2. The number of Topliss-reactive ketones (excluding diaryl/α,β-unsaturated/α-hetero) is 1. The van der Waals surface area contributed by atoms with Crippen molar-refractivity contribution in [1.29, 1.82) is 0 Å². The van der Waals surface area contributed by atoms with Crippen molar-refractivity contribution in [3.63, 3.8) is 0 Å². The maximum atomic E-state index is 12.9. The van der Waals surface area contributed by atoms with Gasteiger partial charge < -0.3 is 15.0 Å². The number of rotatable bonds is 3. The molecule has 0 bridgehead atoms. The number of carbonyl (C=O) groups excluding carboxylic acids is 3. The van der Waals surface area contributed by atoms with Crippen LogP contribution in [0.15, 0.2) is 18.2 Å². The summed E-state index contributed by atoms with van der Waals surface area (Å²) in [4.78, 5) is 40.1. The van der Waals surface area contributed by atoms with Gasteiger partial charge in [-0.25, -0.2) is 0 Å². The molecule has 1 aromatic rings. The highest BCUT2D eigenvalue weighted by atomic mass is 16.5. The molecule has 6 nitrogen and oxygen atoms in total. The number of likely N-dealkylation sites (tertiary alicyclic amines) is 1. The van der Waals surface area contributed by atoms with Crippen molar-refractivity contribution in [2.75, 3.05) is 6.54 Å². The largest absolute Gasteiger partial charge is 0.486 e. The van der Waals surface area contributed by atoms with E-state index >= 15 is 0 Å². The molecule has 30 heavy (non-hydrogen) atoms. The number of carbonyl (C=O) groups is 3. The Bertz CT molecular complexity index is 846. The van der Waals surface area contributed by atoms with Gasteiger partial charge in [0.05, 0.1) is 12.0 Å². The molecule has 2 aliphatic heterocycles. The van der Waals surface area contributed by atoms with Crippen molar-refractivity contribution in [2.45, 2.75) is 89.3 Å². The highest BCUT2D eigenvalue weighted by molar-refractivity contribution is 6.00. The number of nitrogens with one attached hydrogen (secondary N) is 1. The zero-order chi connectivity index (χ0) is 21.3. The average molecular weight is 413 g/mol. The molecular formula is C24H32N2O4. The fraction of sp³-hybridized carbons (Fsp3) is 0.625. The number of benzene rings is 1. The van der Waals surface area contributed by atoms with Gasteiger partial charge in [-0.2, -0.15) is 0 Å². The number of aryl methyl sites for hydroxylation is 1. The van der Waals surface area contributed by atoms with Crippen LogP contribution in [-0.2, 0) is 9.59 Å². The first-order valence-corrected chi connectivity index (χ1v) is 11.3. The molecule has 1 spiro atoms. The second kappa shape index (κ2) is 8.40. The zero-order valence-electron chi connectivity index (χ0n) is 18.0. The van der Waals surface area contributed by atoms with Gasteiger partial charge >= 0.3 is 0 Å². The van der Waals surface area contributed by atoms with Gasteiger partial charge in [0.25, 0.3) is 0 Å². The lowest BCUT2D eigenvalue weighted by Crippen LogP contribution is -2.51. The Morgan fingerprint density at radius 1 is 1.20 bits per heavy atom. The first-order chi connectivity index (χ1) is 14.4. The van der Waals surface area contributed by atoms with Crippen LogP contribution >= 0.6 is 0 Å². The maximum Gasteiger partial charge on any atom is 0.242 e. The van der Waals surface area contributed by atoms with E-state index in [9.17, 15) is 14.4 Å². The SMILES string of the molecule is Cc1ccc2c(c1)C(=O)CC1(CCC(=O)N(C(C)C(=O)NC3CCCCC3)CC1)O2. The number of hydrogen-bond donors (Lipinski definition) is 1. The molecule has 0 aromatic heterocycles. The van der Waals surface area contributed by atoms with Crippen LogP contribution in [0.1, 0.15) is 80.6 Å². The molecule has 2 unspecified atom stereocenters. The number of nitrogens with zero attached hydrogens (tertiary/aromatic N) is 1. The quantitative estimate of drug-likeness (QED) is 0.824. The van der Waals surface area contributed by atoms with Crippen molar-refractivity contribution < 1.29 is 19.1 Å². The van der Waals surface area contributed by atoms with Crippen LogP contribution in [0.4, 0.5) is 0 Å². The summed E-state index contributed by atoms with van der Waals surface area (Å²) in [7, 11) is 0. The van der Waals surface area contributed by atoms with Gasteiger partial charge in [-0.3, -0.25) is 14.4 Å². The summed E-state index contributed by atoms with van der Waals surface area (Å²) in [6, 6.07) is 5.38. The summed E-state index contributed by atoms with van der Waals surface area (Å²) in [6.45, 7) is 4.19. The van der Waals surface area contributed by atoms with Gasteiger partial charge in [0.15, 0.2) is 5.78 Å². The Morgan fingerprint density at radius 3 is 2.73 bits per heavy atom. The molecule has 6 heteroatoms. The van der Waals surface area contributed by atoms with E-state index in [2.05, 4.69) is 5.32 Å². The first-order valence-electron chi connectivity index (χ1n) is 11.3. The second-order valence-corrected chi connectivity index (χ2v) is 9.24. The third kappa shape index (κ3) is 4.23. The Kier molecular flexibility index (Phi) is 5.85. The van der Waals surface area contributed by atoms with Crippen molar-refractivity contribution in [1.82, 2.24) is 10.2 Å². The fourth-order valence-corrected chi connectivity index (χ4v) is 5.06. The van der Waals surface area contributed by atoms with E-state index in [1.54, 1.807) is 11.8 Å². The molecule has 4 rings (SSSR count). The molecule has 1 saturated carbocycles. The smallest absolute Gasteiger partial charge is 0.242 e. The average Bonchev–Trinajstić information content (AvgIpc) is 2.88. The normalized spacial score (nSPS) is 26.0. The fourth-order valence-electron chi connectivity index (χ4n) is 5.06. The van der Waals surface area contributed by atoms with E-state index in [1.165, 1.54) is 6.42 Å². The van der Waals surface area contributed by atoms with E-state index < -0.39 is 11.6 Å². The van der Waals surface area contributed by atoms with Crippen molar-refractivity contribution in [3.05, 3.63) is 29.3 Å². The number of hydrogen-bond acceptors (Lipinski definition) is 4. The monoisotopic (exact) mass is 412 g/mol. The number of ketones is 1. The first kappa shape index (κ1) is 20.9. The number of ether oxygens (including phenoxy) is 1. The third-order valence-electron chi connectivity index (χ3n) is 6.97. The lowest BCUT2D eigenvalue weighted by Gasteiger charge is -2.37. The Hall–Kier alpha value is -2.37. The van der Waals surface area contributed by atoms with E-state index in [4.69, 9.17) is 4.74 Å². The summed E-state index contributed by atoms with van der Waals surface area (Å²) in [6.07, 6.45) is 7.19. The highest BCUT2D eigenvalue weighted by Gasteiger charge is 2.44. The van der Waals surface area contributed by atoms with Crippen LogP contribution in [0.3, 0.4) is 0 Å². The van der Waals surface area contributed by atoms with Crippen molar-refractivity contribution >= 4 is 17.6 Å². The minimum Gasteiger partial charge on any atom is -0.486 e. The molecule has 2 fully saturated rings. The van der Waals surface area contributed by atoms with E-state index in [1.807, 2.05) is 25.1 Å². The zero-order valence-corrected chi connectivity index (χ0v) is 18.0. The van der Waals surface area contributed by atoms with Gasteiger partial charge in [-0.05, 0) is 45.2 Å². The molecule has 2 amide bonds. The minimum atomic E-state index is -0.663. The molecule has 0 radical (unpaired) electrons. The van der Waals surface area contributed by atoms with E-state index in [0.717, 1.165) is 31.2 Å². The molecule has 2 heterocycles. The Morgan fingerprint density at radius 2 is 1.97 bits per heavy atom. The highest BCUT2D eigenvalue weighted by Crippen LogP contribution is 2.40. The van der Waals surface area contributed by atoms with Crippen LogP contribution in [0.5, 0.6) is 5.75 Å². The topological polar surface area (TPSA) is 75.7 Å². The summed E-state index contributed by atoms with van der Waals surface area (Å²) in [5.74, 6) is 0.571. The molecule has 1 saturated heterocycles. The van der Waals surface area contributed by atoms with E-state index in [0.29, 0.717) is 30.7 Å².